The van der Waals surface area contributed by atoms with Crippen molar-refractivity contribution in [1.82, 2.24) is 4.90 Å². The van der Waals surface area contributed by atoms with E-state index in [1.165, 1.54) is 37.7 Å². The molecule has 1 aliphatic heterocycles. The fourth-order valence-electron chi connectivity index (χ4n) is 4.00. The van der Waals surface area contributed by atoms with Crippen LogP contribution in [0.1, 0.15) is 50.0 Å². The van der Waals surface area contributed by atoms with Gasteiger partial charge in [-0.2, -0.15) is 0 Å². The van der Waals surface area contributed by atoms with E-state index in [0.29, 0.717) is 5.92 Å². The Labute approximate surface area is 122 Å². The van der Waals surface area contributed by atoms with E-state index >= 15 is 0 Å². The number of hydrogen-bond acceptors (Lipinski definition) is 2. The summed E-state index contributed by atoms with van der Waals surface area (Å²) in [7, 11) is 0. The lowest BCUT2D eigenvalue weighted by molar-refractivity contribution is 0.101. The molecule has 1 aliphatic carbocycles. The summed E-state index contributed by atoms with van der Waals surface area (Å²) >= 11 is 0. The fraction of sp³-hybridized carbons (Fsp3) is 0.667. The van der Waals surface area contributed by atoms with Crippen LogP contribution in [0.25, 0.3) is 0 Å². The molecule has 110 valence electrons. The first-order valence-electron chi connectivity index (χ1n) is 8.26. The van der Waals surface area contributed by atoms with Crippen LogP contribution in [0.5, 0.6) is 0 Å². The number of nitrogens with zero attached hydrogens (tertiary/aromatic N) is 1. The van der Waals surface area contributed by atoms with Gasteiger partial charge in [0.15, 0.2) is 0 Å². The third-order valence-electron chi connectivity index (χ3n) is 5.09. The van der Waals surface area contributed by atoms with Gasteiger partial charge in [0, 0.05) is 13.1 Å². The Bertz CT molecular complexity index is 399. The maximum Gasteiger partial charge on any atom is 0.0669 e. The lowest BCUT2D eigenvalue weighted by Gasteiger charge is -2.22. The van der Waals surface area contributed by atoms with Gasteiger partial charge in [-0.1, -0.05) is 56.0 Å². The summed E-state index contributed by atoms with van der Waals surface area (Å²) in [5.74, 6) is 1.45. The second-order valence-electron chi connectivity index (χ2n) is 6.70. The van der Waals surface area contributed by atoms with E-state index in [-0.39, 0.29) is 6.10 Å². The van der Waals surface area contributed by atoms with Crippen molar-refractivity contribution in [2.45, 2.75) is 50.5 Å². The van der Waals surface area contributed by atoms with Crippen LogP contribution in [0, 0.1) is 5.92 Å². The number of aliphatic hydroxyl groups is 1. The third kappa shape index (κ3) is 3.62. The highest BCUT2D eigenvalue weighted by Crippen LogP contribution is 2.30. The molecule has 0 bridgehead atoms. The van der Waals surface area contributed by atoms with Crippen LogP contribution in [-0.4, -0.2) is 35.7 Å². The van der Waals surface area contributed by atoms with Crippen LogP contribution >= 0.6 is 0 Å². The molecule has 2 unspecified atom stereocenters. The molecule has 0 radical (unpaired) electrons. The first-order chi connectivity index (χ1) is 9.81. The Balaban J connectivity index is 1.45. The Kier molecular flexibility index (Phi) is 4.74. The molecule has 0 aromatic heterocycles. The Morgan fingerprint density at radius 1 is 1.10 bits per heavy atom. The normalized spacial score (nSPS) is 26.1. The zero-order valence-electron chi connectivity index (χ0n) is 12.4. The second-order valence-corrected chi connectivity index (χ2v) is 6.70. The standard InChI is InChI=1S/C18H27NO/c20-18(12-15-6-4-5-7-15)14-19-11-10-17(13-19)16-8-2-1-3-9-16/h1-3,8-9,15,17-18,20H,4-7,10-14H2. The molecule has 2 fully saturated rings. The summed E-state index contributed by atoms with van der Waals surface area (Å²) < 4.78 is 0. The molecular formula is C18H27NO. The van der Waals surface area contributed by atoms with Crippen LogP contribution < -0.4 is 0 Å². The fourth-order valence-corrected chi connectivity index (χ4v) is 4.00. The van der Waals surface area contributed by atoms with Crippen LogP contribution in [0.15, 0.2) is 30.3 Å². The van der Waals surface area contributed by atoms with E-state index in [1.807, 2.05) is 0 Å². The molecule has 3 rings (SSSR count). The minimum Gasteiger partial charge on any atom is -0.392 e. The van der Waals surface area contributed by atoms with E-state index < -0.39 is 0 Å². The molecule has 1 aromatic carbocycles. The molecular weight excluding hydrogens is 246 g/mol. The van der Waals surface area contributed by atoms with Gasteiger partial charge in [-0.25, -0.2) is 0 Å². The molecule has 0 spiro atoms. The highest BCUT2D eigenvalue weighted by Gasteiger charge is 2.26. The predicted molar refractivity (Wildman–Crippen MR) is 82.8 cm³/mol. The molecule has 1 saturated heterocycles. The topological polar surface area (TPSA) is 23.5 Å². The Morgan fingerprint density at radius 3 is 2.60 bits per heavy atom. The molecule has 20 heavy (non-hydrogen) atoms. The van der Waals surface area contributed by atoms with Gasteiger partial charge in [-0.15, -0.1) is 0 Å². The number of β-amino-alcohol motifs (C(OH)–C–C–N with tert-alkyl or cyclic N) is 1. The lowest BCUT2D eigenvalue weighted by atomic mass is 9.98. The molecule has 1 N–H and O–H groups in total. The summed E-state index contributed by atoms with van der Waals surface area (Å²) in [5.41, 5.74) is 1.46. The van der Waals surface area contributed by atoms with Crippen LogP contribution in [0.2, 0.25) is 0 Å². The first kappa shape index (κ1) is 14.1. The van der Waals surface area contributed by atoms with Crippen molar-refractivity contribution in [3.63, 3.8) is 0 Å². The van der Waals surface area contributed by atoms with Crippen molar-refractivity contribution in [2.75, 3.05) is 19.6 Å². The molecule has 1 saturated carbocycles. The number of rotatable bonds is 5. The van der Waals surface area contributed by atoms with E-state index in [1.54, 1.807) is 0 Å². The highest BCUT2D eigenvalue weighted by molar-refractivity contribution is 5.21. The van der Waals surface area contributed by atoms with E-state index in [4.69, 9.17) is 0 Å². The van der Waals surface area contributed by atoms with E-state index in [9.17, 15) is 5.11 Å². The maximum absolute atomic E-state index is 10.3. The number of likely N-dealkylation sites (tertiary alicyclic amines) is 1. The van der Waals surface area contributed by atoms with Gasteiger partial charge in [-0.05, 0) is 36.8 Å². The molecule has 2 nitrogen and oxygen atoms in total. The van der Waals surface area contributed by atoms with Gasteiger partial charge < -0.3 is 10.0 Å². The van der Waals surface area contributed by atoms with Crippen molar-refractivity contribution in [2.24, 2.45) is 5.92 Å². The van der Waals surface area contributed by atoms with Crippen molar-refractivity contribution in [1.29, 1.82) is 0 Å². The molecule has 0 amide bonds. The maximum atomic E-state index is 10.3. The monoisotopic (exact) mass is 273 g/mol. The lowest BCUT2D eigenvalue weighted by Crippen LogP contribution is -2.31. The van der Waals surface area contributed by atoms with Crippen LogP contribution in [-0.2, 0) is 0 Å². The third-order valence-corrected chi connectivity index (χ3v) is 5.09. The number of benzene rings is 1. The van der Waals surface area contributed by atoms with Gasteiger partial charge in [-0.3, -0.25) is 0 Å². The minimum atomic E-state index is -0.118. The molecule has 1 aromatic rings. The zero-order valence-corrected chi connectivity index (χ0v) is 12.4. The average molecular weight is 273 g/mol. The molecule has 1 heterocycles. The summed E-state index contributed by atoms with van der Waals surface area (Å²) in [6, 6.07) is 10.8. The minimum absolute atomic E-state index is 0.118. The van der Waals surface area contributed by atoms with Crippen molar-refractivity contribution >= 4 is 0 Å². The number of aliphatic hydroxyl groups excluding tert-OH is 1. The average Bonchev–Trinajstić information content (AvgIpc) is 3.11. The summed E-state index contributed by atoms with van der Waals surface area (Å²) in [5, 5.41) is 10.3. The van der Waals surface area contributed by atoms with Crippen molar-refractivity contribution in [3.05, 3.63) is 35.9 Å². The van der Waals surface area contributed by atoms with Gasteiger partial charge in [0.2, 0.25) is 0 Å². The van der Waals surface area contributed by atoms with Gasteiger partial charge in [0.1, 0.15) is 0 Å². The summed E-state index contributed by atoms with van der Waals surface area (Å²) in [4.78, 5) is 2.46. The van der Waals surface area contributed by atoms with Gasteiger partial charge in [0.05, 0.1) is 6.10 Å². The zero-order chi connectivity index (χ0) is 13.8. The number of hydrogen-bond donors (Lipinski definition) is 1. The summed E-state index contributed by atoms with van der Waals surface area (Å²) in [6.07, 6.45) is 7.56. The van der Waals surface area contributed by atoms with E-state index in [0.717, 1.165) is 32.0 Å². The smallest absolute Gasteiger partial charge is 0.0669 e. The van der Waals surface area contributed by atoms with Crippen molar-refractivity contribution in [3.8, 4) is 0 Å². The Hall–Kier alpha value is -0.860. The molecule has 2 atom stereocenters. The largest absolute Gasteiger partial charge is 0.392 e. The van der Waals surface area contributed by atoms with Gasteiger partial charge in [0.25, 0.3) is 0 Å². The predicted octanol–water partition coefficient (Wildman–Crippen LogP) is 3.42. The quantitative estimate of drug-likeness (QED) is 0.888. The van der Waals surface area contributed by atoms with Gasteiger partial charge >= 0.3 is 0 Å². The van der Waals surface area contributed by atoms with Crippen LogP contribution in [0.4, 0.5) is 0 Å². The van der Waals surface area contributed by atoms with E-state index in [2.05, 4.69) is 35.2 Å². The highest BCUT2D eigenvalue weighted by atomic mass is 16.3. The first-order valence-corrected chi connectivity index (χ1v) is 8.26. The second kappa shape index (κ2) is 6.73. The SMILES string of the molecule is OC(CC1CCCC1)CN1CCC(c2ccccc2)C1. The molecule has 2 heteroatoms. The Morgan fingerprint density at radius 2 is 1.85 bits per heavy atom. The summed E-state index contributed by atoms with van der Waals surface area (Å²) in [6.45, 7) is 3.13. The van der Waals surface area contributed by atoms with Crippen molar-refractivity contribution < 1.29 is 5.11 Å². The molecule has 2 aliphatic rings. The van der Waals surface area contributed by atoms with Crippen LogP contribution in [0.3, 0.4) is 0 Å².